The monoisotopic (exact) mass is 409 g/mol. The van der Waals surface area contributed by atoms with Gasteiger partial charge in [-0.1, -0.05) is 53.0 Å². The molecule has 8 heteroatoms. The zero-order valence-corrected chi connectivity index (χ0v) is 15.9. The summed E-state index contributed by atoms with van der Waals surface area (Å²) in [5, 5.41) is 15.4. The molecule has 6 nitrogen and oxygen atoms in total. The van der Waals surface area contributed by atoms with E-state index in [-0.39, 0.29) is 11.2 Å². The third kappa shape index (κ3) is 4.36. The molecule has 1 unspecified atom stereocenters. The molecule has 0 radical (unpaired) electrons. The number of tetrazole rings is 1. The fraction of sp³-hybridized carbons (Fsp3) is 0.500. The summed E-state index contributed by atoms with van der Waals surface area (Å²) in [6.07, 6.45) is 5.93. The number of rotatable bonds is 5. The van der Waals surface area contributed by atoms with Gasteiger partial charge in [-0.15, -0.1) is 5.10 Å². The number of carbonyl (C=O) groups excluding carboxylic acids is 1. The average Bonchev–Trinajstić information content (AvgIpc) is 3.03. The molecule has 0 aliphatic heterocycles. The Morgan fingerprint density at radius 3 is 2.92 bits per heavy atom. The highest BCUT2D eigenvalue weighted by atomic mass is 79.9. The zero-order chi connectivity index (χ0) is 16.9. The Morgan fingerprint density at radius 2 is 2.17 bits per heavy atom. The fourth-order valence-corrected chi connectivity index (χ4v) is 4.10. The first-order valence-electron chi connectivity index (χ1n) is 8.14. The molecule has 2 aromatic rings. The van der Waals surface area contributed by atoms with Gasteiger partial charge >= 0.3 is 0 Å². The standard InChI is InChI=1S/C16H20BrN5OS/c1-11(15(23)18-13-7-5-6-12(17)10-13)24-16-19-20-21-22(16)14-8-3-2-4-9-14/h5-7,10-11,14H,2-4,8-9H2,1H3,(H,18,23). The first-order chi connectivity index (χ1) is 11.6. The number of carbonyl (C=O) groups is 1. The van der Waals surface area contributed by atoms with Crippen LogP contribution < -0.4 is 5.32 Å². The Hall–Kier alpha value is -1.41. The molecule has 128 valence electrons. The third-order valence-corrected chi connectivity index (χ3v) is 5.67. The van der Waals surface area contributed by atoms with Crippen LogP contribution in [0.1, 0.15) is 45.1 Å². The lowest BCUT2D eigenvalue weighted by molar-refractivity contribution is -0.115. The van der Waals surface area contributed by atoms with E-state index in [0.717, 1.165) is 28.2 Å². The SMILES string of the molecule is CC(Sc1nnnn1C1CCCCC1)C(=O)Nc1cccc(Br)c1. The van der Waals surface area contributed by atoms with E-state index in [1.807, 2.05) is 35.9 Å². The Kier molecular flexibility index (Phi) is 5.89. The molecule has 1 aliphatic rings. The van der Waals surface area contributed by atoms with Crippen molar-refractivity contribution in [1.29, 1.82) is 0 Å². The predicted octanol–water partition coefficient (Wildman–Crippen LogP) is 4.06. The third-order valence-electron chi connectivity index (χ3n) is 4.13. The molecule has 0 spiro atoms. The molecular formula is C16H20BrN5OS. The van der Waals surface area contributed by atoms with Crippen LogP contribution in [0.4, 0.5) is 5.69 Å². The van der Waals surface area contributed by atoms with Gasteiger partial charge in [-0.25, -0.2) is 4.68 Å². The summed E-state index contributed by atoms with van der Waals surface area (Å²) in [6.45, 7) is 1.87. The zero-order valence-electron chi connectivity index (χ0n) is 13.5. The van der Waals surface area contributed by atoms with E-state index in [1.54, 1.807) is 0 Å². The number of anilines is 1. The van der Waals surface area contributed by atoms with Crippen LogP contribution >= 0.6 is 27.7 Å². The average molecular weight is 410 g/mol. The number of hydrogen-bond acceptors (Lipinski definition) is 5. The molecule has 1 N–H and O–H groups in total. The van der Waals surface area contributed by atoms with Crippen LogP contribution in [-0.2, 0) is 4.79 Å². The predicted molar refractivity (Wildman–Crippen MR) is 98.0 cm³/mol. The number of nitrogens with zero attached hydrogens (tertiary/aromatic N) is 4. The first kappa shape index (κ1) is 17.4. The lowest BCUT2D eigenvalue weighted by Crippen LogP contribution is -2.23. The van der Waals surface area contributed by atoms with Crippen molar-refractivity contribution in [1.82, 2.24) is 20.2 Å². The van der Waals surface area contributed by atoms with E-state index in [2.05, 4.69) is 36.8 Å². The van der Waals surface area contributed by atoms with Crippen molar-refractivity contribution in [3.63, 3.8) is 0 Å². The van der Waals surface area contributed by atoms with Gasteiger partial charge in [-0.3, -0.25) is 4.79 Å². The molecule has 1 aliphatic carbocycles. The van der Waals surface area contributed by atoms with Gasteiger partial charge in [0.25, 0.3) is 0 Å². The molecule has 3 rings (SSSR count). The number of hydrogen-bond donors (Lipinski definition) is 1. The number of nitrogens with one attached hydrogen (secondary N) is 1. The number of aromatic nitrogens is 4. The topological polar surface area (TPSA) is 72.7 Å². The molecule has 24 heavy (non-hydrogen) atoms. The maximum atomic E-state index is 12.4. The molecule has 1 fully saturated rings. The Balaban J connectivity index is 1.63. The molecule has 1 aromatic carbocycles. The maximum Gasteiger partial charge on any atom is 0.237 e. The summed E-state index contributed by atoms with van der Waals surface area (Å²) in [6, 6.07) is 7.91. The second-order valence-electron chi connectivity index (χ2n) is 5.96. The van der Waals surface area contributed by atoms with E-state index in [1.165, 1.54) is 31.0 Å². The van der Waals surface area contributed by atoms with E-state index < -0.39 is 0 Å². The molecule has 1 aromatic heterocycles. The van der Waals surface area contributed by atoms with Gasteiger partial charge < -0.3 is 5.32 Å². The van der Waals surface area contributed by atoms with Gasteiger partial charge in [-0.2, -0.15) is 0 Å². The van der Waals surface area contributed by atoms with E-state index >= 15 is 0 Å². The lowest BCUT2D eigenvalue weighted by atomic mass is 9.96. The fourth-order valence-electron chi connectivity index (χ4n) is 2.84. The van der Waals surface area contributed by atoms with Crippen LogP contribution in [0.15, 0.2) is 33.9 Å². The quantitative estimate of drug-likeness (QED) is 0.753. The normalized spacial score (nSPS) is 16.8. The first-order valence-corrected chi connectivity index (χ1v) is 9.81. The summed E-state index contributed by atoms with van der Waals surface area (Å²) in [5.74, 6) is -0.0590. The van der Waals surface area contributed by atoms with Crippen LogP contribution in [0, 0.1) is 0 Å². The highest BCUT2D eigenvalue weighted by Crippen LogP contribution is 2.31. The van der Waals surface area contributed by atoms with Crippen LogP contribution in [0.5, 0.6) is 0 Å². The molecule has 0 saturated heterocycles. The van der Waals surface area contributed by atoms with Crippen molar-refractivity contribution < 1.29 is 4.79 Å². The van der Waals surface area contributed by atoms with Crippen LogP contribution in [0.3, 0.4) is 0 Å². The van der Waals surface area contributed by atoms with Crippen molar-refractivity contribution >= 4 is 39.3 Å². The number of benzene rings is 1. The Labute approximate surface area is 153 Å². The highest BCUT2D eigenvalue weighted by molar-refractivity contribution is 9.10. The molecular weight excluding hydrogens is 390 g/mol. The Bertz CT molecular complexity index is 701. The second-order valence-corrected chi connectivity index (χ2v) is 8.18. The maximum absolute atomic E-state index is 12.4. The smallest absolute Gasteiger partial charge is 0.237 e. The van der Waals surface area contributed by atoms with Crippen molar-refractivity contribution in [2.75, 3.05) is 5.32 Å². The van der Waals surface area contributed by atoms with Crippen molar-refractivity contribution in [2.24, 2.45) is 0 Å². The van der Waals surface area contributed by atoms with Gasteiger partial charge in [0.2, 0.25) is 11.1 Å². The minimum Gasteiger partial charge on any atom is -0.325 e. The summed E-state index contributed by atoms with van der Waals surface area (Å²) < 4.78 is 2.83. The summed E-state index contributed by atoms with van der Waals surface area (Å²) >= 11 is 4.81. The number of halogens is 1. The van der Waals surface area contributed by atoms with Crippen molar-refractivity contribution in [3.05, 3.63) is 28.7 Å². The number of thioether (sulfide) groups is 1. The van der Waals surface area contributed by atoms with Crippen LogP contribution in [0.2, 0.25) is 0 Å². The van der Waals surface area contributed by atoms with Crippen LogP contribution in [-0.4, -0.2) is 31.4 Å². The number of amides is 1. The van der Waals surface area contributed by atoms with E-state index in [4.69, 9.17) is 0 Å². The molecule has 1 amide bonds. The molecule has 1 heterocycles. The second kappa shape index (κ2) is 8.11. The van der Waals surface area contributed by atoms with E-state index in [9.17, 15) is 4.79 Å². The summed E-state index contributed by atoms with van der Waals surface area (Å²) in [7, 11) is 0. The molecule has 1 atom stereocenters. The summed E-state index contributed by atoms with van der Waals surface area (Å²) in [5.41, 5.74) is 0.772. The van der Waals surface area contributed by atoms with Crippen LogP contribution in [0.25, 0.3) is 0 Å². The lowest BCUT2D eigenvalue weighted by Gasteiger charge is -2.22. The van der Waals surface area contributed by atoms with Crippen molar-refractivity contribution in [3.8, 4) is 0 Å². The molecule has 1 saturated carbocycles. The van der Waals surface area contributed by atoms with E-state index in [0.29, 0.717) is 6.04 Å². The summed E-state index contributed by atoms with van der Waals surface area (Å²) in [4.78, 5) is 12.4. The largest absolute Gasteiger partial charge is 0.325 e. The van der Waals surface area contributed by atoms with Gasteiger partial charge in [0.1, 0.15) is 0 Å². The van der Waals surface area contributed by atoms with Crippen molar-refractivity contribution in [2.45, 2.75) is 55.5 Å². The van der Waals surface area contributed by atoms with Gasteiger partial charge in [-0.05, 0) is 48.4 Å². The molecule has 0 bridgehead atoms. The Morgan fingerprint density at radius 1 is 1.38 bits per heavy atom. The van der Waals surface area contributed by atoms with Gasteiger partial charge in [0.05, 0.1) is 11.3 Å². The van der Waals surface area contributed by atoms with Gasteiger partial charge in [0.15, 0.2) is 0 Å². The van der Waals surface area contributed by atoms with Gasteiger partial charge in [0, 0.05) is 10.2 Å². The minimum atomic E-state index is -0.280. The highest BCUT2D eigenvalue weighted by Gasteiger charge is 2.23. The minimum absolute atomic E-state index is 0.0590.